The molecule has 186 valence electrons. The quantitative estimate of drug-likeness (QED) is 0.429. The van der Waals surface area contributed by atoms with Crippen LogP contribution >= 0.6 is 0 Å². The first-order valence-corrected chi connectivity index (χ1v) is 12.4. The summed E-state index contributed by atoms with van der Waals surface area (Å²) in [6, 6.07) is 26.6. The predicted octanol–water partition coefficient (Wildman–Crippen LogP) is 5.51. The number of carbonyl (C=O) groups excluding carboxylic acids is 1. The monoisotopic (exact) mass is 474 g/mol. The van der Waals surface area contributed by atoms with E-state index in [4.69, 9.17) is 10.5 Å². The van der Waals surface area contributed by atoms with E-state index in [-0.39, 0.29) is 23.3 Å². The number of likely N-dealkylation sites (tertiary alicyclic amines) is 1. The van der Waals surface area contributed by atoms with Gasteiger partial charge in [0.1, 0.15) is 17.6 Å². The lowest BCUT2D eigenvalue weighted by Crippen LogP contribution is -2.62. The van der Waals surface area contributed by atoms with Crippen molar-refractivity contribution in [1.29, 1.82) is 0 Å². The molecular formula is C30H38N2O3. The van der Waals surface area contributed by atoms with Crippen molar-refractivity contribution in [2.24, 2.45) is 5.73 Å². The van der Waals surface area contributed by atoms with E-state index in [1.54, 1.807) is 24.3 Å². The Labute approximate surface area is 209 Å². The zero-order chi connectivity index (χ0) is 25.5. The van der Waals surface area contributed by atoms with E-state index in [0.717, 1.165) is 36.4 Å². The van der Waals surface area contributed by atoms with Gasteiger partial charge < -0.3 is 15.6 Å². The van der Waals surface area contributed by atoms with Crippen molar-refractivity contribution < 1.29 is 14.6 Å². The fourth-order valence-corrected chi connectivity index (χ4v) is 4.68. The van der Waals surface area contributed by atoms with Crippen LogP contribution in [0.25, 0.3) is 0 Å². The number of amides is 1. The molecule has 3 N–H and O–H groups in total. The fraction of sp³-hybridized carbons (Fsp3) is 0.367. The van der Waals surface area contributed by atoms with E-state index in [1.165, 1.54) is 0 Å². The first-order chi connectivity index (χ1) is 16.8. The normalized spacial score (nSPS) is 14.4. The zero-order valence-corrected chi connectivity index (χ0v) is 21.3. The number of carbonyl (C=O) groups is 1. The molecule has 3 aromatic carbocycles. The third-order valence-corrected chi connectivity index (χ3v) is 6.91. The Morgan fingerprint density at radius 3 is 1.83 bits per heavy atom. The van der Waals surface area contributed by atoms with Gasteiger partial charge in [-0.3, -0.25) is 9.69 Å². The summed E-state index contributed by atoms with van der Waals surface area (Å²) in [5.74, 6) is 0.664. The summed E-state index contributed by atoms with van der Waals surface area (Å²) in [5, 5.41) is 9.44. The van der Waals surface area contributed by atoms with E-state index in [1.807, 2.05) is 74.5 Å². The molecule has 5 heteroatoms. The van der Waals surface area contributed by atoms with Crippen molar-refractivity contribution in [3.05, 3.63) is 96.1 Å². The lowest BCUT2D eigenvalue weighted by molar-refractivity contribution is -0.122. The first-order valence-electron chi connectivity index (χ1n) is 12.4. The second kappa shape index (κ2) is 11.4. The van der Waals surface area contributed by atoms with E-state index in [2.05, 4.69) is 18.7 Å². The SMILES string of the molecule is CC.CC(C)(CCC(C(N)=O)(c1ccccc1)c1ccccc1)N1CC(Oc2ccc(O)cc2)C1. The van der Waals surface area contributed by atoms with Crippen molar-refractivity contribution in [2.45, 2.75) is 57.6 Å². The summed E-state index contributed by atoms with van der Waals surface area (Å²) in [6.45, 7) is 10.1. The van der Waals surface area contributed by atoms with Crippen molar-refractivity contribution in [3.8, 4) is 11.5 Å². The molecule has 0 aromatic heterocycles. The summed E-state index contributed by atoms with van der Waals surface area (Å²) in [5.41, 5.74) is 6.96. The second-order valence-electron chi connectivity index (χ2n) is 9.45. The minimum absolute atomic E-state index is 0.109. The van der Waals surface area contributed by atoms with Crippen LogP contribution in [0.4, 0.5) is 0 Å². The Kier molecular flexibility index (Phi) is 8.57. The molecule has 1 heterocycles. The number of nitrogens with two attached hydrogens (primary N) is 1. The van der Waals surface area contributed by atoms with Crippen LogP contribution in [-0.4, -0.2) is 40.6 Å². The average molecular weight is 475 g/mol. The largest absolute Gasteiger partial charge is 0.508 e. The van der Waals surface area contributed by atoms with Crippen LogP contribution in [0, 0.1) is 0 Å². The van der Waals surface area contributed by atoms with Gasteiger partial charge in [0.25, 0.3) is 0 Å². The minimum Gasteiger partial charge on any atom is -0.508 e. The van der Waals surface area contributed by atoms with E-state index in [9.17, 15) is 9.90 Å². The molecule has 3 aromatic rings. The smallest absolute Gasteiger partial charge is 0.232 e. The molecule has 0 spiro atoms. The van der Waals surface area contributed by atoms with Crippen molar-refractivity contribution in [3.63, 3.8) is 0 Å². The van der Waals surface area contributed by atoms with Crippen molar-refractivity contribution in [1.82, 2.24) is 4.90 Å². The highest BCUT2D eigenvalue weighted by atomic mass is 16.5. The van der Waals surface area contributed by atoms with Gasteiger partial charge in [0.2, 0.25) is 5.91 Å². The highest BCUT2D eigenvalue weighted by Gasteiger charge is 2.44. The molecule has 0 saturated carbocycles. The van der Waals surface area contributed by atoms with Crippen LogP contribution in [-0.2, 0) is 10.2 Å². The maximum Gasteiger partial charge on any atom is 0.232 e. The lowest BCUT2D eigenvalue weighted by atomic mass is 9.69. The van der Waals surface area contributed by atoms with E-state index < -0.39 is 5.41 Å². The average Bonchev–Trinajstić information content (AvgIpc) is 2.85. The molecule has 1 saturated heterocycles. The van der Waals surface area contributed by atoms with Crippen LogP contribution in [0.15, 0.2) is 84.9 Å². The van der Waals surface area contributed by atoms with Gasteiger partial charge in [0.15, 0.2) is 0 Å². The predicted molar refractivity (Wildman–Crippen MR) is 142 cm³/mol. The zero-order valence-electron chi connectivity index (χ0n) is 21.3. The highest BCUT2D eigenvalue weighted by molar-refractivity contribution is 5.90. The number of nitrogens with zero attached hydrogens (tertiary/aromatic N) is 1. The Bertz CT molecular complexity index is 1020. The van der Waals surface area contributed by atoms with Crippen molar-refractivity contribution >= 4 is 5.91 Å². The lowest BCUT2D eigenvalue weighted by Gasteiger charge is -2.49. The molecule has 1 amide bonds. The van der Waals surface area contributed by atoms with Gasteiger partial charge in [-0.15, -0.1) is 0 Å². The van der Waals surface area contributed by atoms with Gasteiger partial charge in [0.05, 0.1) is 5.41 Å². The summed E-state index contributed by atoms with van der Waals surface area (Å²) < 4.78 is 6.03. The molecule has 0 unspecified atom stereocenters. The van der Waals surface area contributed by atoms with Gasteiger partial charge in [0, 0.05) is 18.6 Å². The number of rotatable bonds is 9. The number of ether oxygens (including phenoxy) is 1. The summed E-state index contributed by atoms with van der Waals surface area (Å²) in [7, 11) is 0. The van der Waals surface area contributed by atoms with Gasteiger partial charge >= 0.3 is 0 Å². The van der Waals surface area contributed by atoms with Crippen LogP contribution in [0.1, 0.15) is 51.7 Å². The van der Waals surface area contributed by atoms with E-state index in [0.29, 0.717) is 6.42 Å². The number of hydrogen-bond acceptors (Lipinski definition) is 4. The molecule has 35 heavy (non-hydrogen) atoms. The van der Waals surface area contributed by atoms with Crippen molar-refractivity contribution in [2.75, 3.05) is 13.1 Å². The Hall–Kier alpha value is -3.31. The summed E-state index contributed by atoms with van der Waals surface area (Å²) in [6.07, 6.45) is 1.52. The third kappa shape index (κ3) is 5.85. The number of benzene rings is 3. The van der Waals surface area contributed by atoms with Gasteiger partial charge in [-0.1, -0.05) is 74.5 Å². The Morgan fingerprint density at radius 2 is 1.37 bits per heavy atom. The highest BCUT2D eigenvalue weighted by Crippen LogP contribution is 2.40. The van der Waals surface area contributed by atoms with Crippen LogP contribution in [0.2, 0.25) is 0 Å². The third-order valence-electron chi connectivity index (χ3n) is 6.91. The molecule has 0 bridgehead atoms. The van der Waals surface area contributed by atoms with Crippen LogP contribution in [0.5, 0.6) is 11.5 Å². The maximum absolute atomic E-state index is 13.0. The Balaban J connectivity index is 0.00000167. The van der Waals surface area contributed by atoms with Gasteiger partial charge in [-0.05, 0) is 62.1 Å². The molecule has 0 aliphatic carbocycles. The second-order valence-corrected chi connectivity index (χ2v) is 9.45. The number of aromatic hydroxyl groups is 1. The van der Waals surface area contributed by atoms with Gasteiger partial charge in [-0.2, -0.15) is 0 Å². The molecule has 4 rings (SSSR count). The van der Waals surface area contributed by atoms with Crippen LogP contribution in [0.3, 0.4) is 0 Å². The number of phenols is 1. The van der Waals surface area contributed by atoms with E-state index >= 15 is 0 Å². The Morgan fingerprint density at radius 1 is 0.886 bits per heavy atom. The standard InChI is InChI=1S/C28H32N2O3.C2H6/c1-27(2,30-19-25(20-30)33-24-15-13-23(31)14-16-24)17-18-28(26(29)32,21-9-5-3-6-10-21)22-11-7-4-8-12-22;1-2/h3-16,25,31H,17-20H2,1-2H3,(H2,29,32);1-2H3. The molecule has 0 atom stereocenters. The minimum atomic E-state index is -0.882. The first kappa shape index (κ1) is 26.3. The summed E-state index contributed by atoms with van der Waals surface area (Å²) >= 11 is 0. The molecule has 1 aliphatic rings. The maximum atomic E-state index is 13.0. The molecule has 0 radical (unpaired) electrons. The summed E-state index contributed by atoms with van der Waals surface area (Å²) in [4.78, 5) is 15.4. The number of primary amides is 1. The van der Waals surface area contributed by atoms with Gasteiger partial charge in [-0.25, -0.2) is 0 Å². The number of hydrogen-bond donors (Lipinski definition) is 2. The molecule has 1 aliphatic heterocycles. The molecular weight excluding hydrogens is 436 g/mol. The fourth-order valence-electron chi connectivity index (χ4n) is 4.68. The molecule has 5 nitrogen and oxygen atoms in total. The number of phenolic OH excluding ortho intramolecular Hbond substituents is 1. The topological polar surface area (TPSA) is 75.8 Å². The molecule has 1 fully saturated rings. The van der Waals surface area contributed by atoms with Crippen LogP contribution < -0.4 is 10.5 Å².